The van der Waals surface area contributed by atoms with Crippen LogP contribution in [0.3, 0.4) is 0 Å². The fraction of sp³-hybridized carbons (Fsp3) is 0.625. The van der Waals surface area contributed by atoms with Gasteiger partial charge in [0.25, 0.3) is 5.97 Å². The summed E-state index contributed by atoms with van der Waals surface area (Å²) in [5.41, 5.74) is 6.96. The third-order valence-electron chi connectivity index (χ3n) is 1.01. The molecule has 0 aromatic rings. The van der Waals surface area contributed by atoms with Crippen LogP contribution in [-0.2, 0) is 33.6 Å². The normalized spacial score (nSPS) is 9.14. The van der Waals surface area contributed by atoms with Gasteiger partial charge in [0.15, 0.2) is 0 Å². The third kappa shape index (κ3) is 22.5. The van der Waals surface area contributed by atoms with Gasteiger partial charge in [0, 0.05) is 0 Å². The molecule has 0 heterocycles. The van der Waals surface area contributed by atoms with E-state index in [9.17, 15) is 4.79 Å². The Bertz CT molecular complexity index is 161. The number of carboxylic acids is 1. The minimum Gasteiger partial charge on any atom is 3.00 e. The molecular formula is C8H12NO4Rh+2. The van der Waals surface area contributed by atoms with Gasteiger partial charge in [0.05, 0.1) is 0 Å². The molecule has 1 unspecified atom stereocenters. The van der Waals surface area contributed by atoms with Gasteiger partial charge in [0.2, 0.25) is 0 Å². The number of carbonyl (C=O) groups is 1. The van der Waals surface area contributed by atoms with Gasteiger partial charge in [-0.25, -0.2) is 0 Å². The summed E-state index contributed by atoms with van der Waals surface area (Å²) < 4.78 is 15.0. The molecule has 0 aromatic heterocycles. The standard InChI is InChI=1S/C6H12NO2.2CO.Rh/c1-4(2)3-5(7)6(8)9;2*1-2;/h4-5,7H,3H2,1-2H3,(H,8,9);;;/q-1;;;+3. The second-order valence-electron chi connectivity index (χ2n) is 2.52. The van der Waals surface area contributed by atoms with E-state index in [0.29, 0.717) is 12.3 Å². The number of rotatable bonds is 3. The monoisotopic (exact) mass is 289 g/mol. The number of nitrogens with one attached hydrogen (secondary N) is 1. The summed E-state index contributed by atoms with van der Waals surface area (Å²) in [5.74, 6) is -0.729. The SMILES string of the molecule is CC(C)CC([NH-])C(=O)O.[C-]#[O+].[C-]#[O+].[Rh+3]. The van der Waals surface area contributed by atoms with E-state index in [1.807, 2.05) is 13.8 Å². The van der Waals surface area contributed by atoms with Crippen molar-refractivity contribution in [3.8, 4) is 0 Å². The minimum atomic E-state index is -1.02. The first-order valence-corrected chi connectivity index (χ1v) is 3.38. The molecule has 0 fully saturated rings. The zero-order chi connectivity index (χ0) is 11.4. The first-order valence-electron chi connectivity index (χ1n) is 3.38. The van der Waals surface area contributed by atoms with Crippen LogP contribution in [0, 0.1) is 19.2 Å². The van der Waals surface area contributed by atoms with E-state index >= 15 is 0 Å². The van der Waals surface area contributed by atoms with Gasteiger partial charge in [-0.05, 0) is 12.0 Å². The van der Waals surface area contributed by atoms with Gasteiger partial charge in [0.1, 0.15) is 0 Å². The van der Waals surface area contributed by atoms with Crippen molar-refractivity contribution in [2.75, 3.05) is 0 Å². The Morgan fingerprint density at radius 2 is 1.64 bits per heavy atom. The maximum absolute atomic E-state index is 10.0. The largest absolute Gasteiger partial charge is 3.00 e. The molecule has 1 atom stereocenters. The van der Waals surface area contributed by atoms with Crippen LogP contribution >= 0.6 is 0 Å². The molecule has 80 valence electrons. The molecule has 0 saturated carbocycles. The molecule has 6 heteroatoms. The minimum absolute atomic E-state index is 0. The van der Waals surface area contributed by atoms with E-state index in [2.05, 4.69) is 13.3 Å². The van der Waals surface area contributed by atoms with Crippen molar-refractivity contribution in [2.45, 2.75) is 26.3 Å². The van der Waals surface area contributed by atoms with E-state index in [1.54, 1.807) is 0 Å². The zero-order valence-corrected chi connectivity index (χ0v) is 9.51. The second kappa shape index (κ2) is 18.3. The van der Waals surface area contributed by atoms with Gasteiger partial charge < -0.3 is 10.8 Å². The average molecular weight is 289 g/mol. The Hall–Kier alpha value is -0.467. The van der Waals surface area contributed by atoms with Gasteiger partial charge in [-0.1, -0.05) is 20.3 Å². The molecule has 0 saturated heterocycles. The van der Waals surface area contributed by atoms with Gasteiger partial charge in [-0.2, -0.15) is 0 Å². The van der Waals surface area contributed by atoms with Crippen LogP contribution in [0.4, 0.5) is 0 Å². The molecule has 0 aliphatic rings. The zero-order valence-electron chi connectivity index (χ0n) is 7.87. The van der Waals surface area contributed by atoms with Crippen molar-refractivity contribution in [2.24, 2.45) is 5.92 Å². The number of carboxylic acid groups (broad SMARTS) is 1. The Labute approximate surface area is 96.2 Å². The summed E-state index contributed by atoms with van der Waals surface area (Å²) in [4.78, 5) is 10.0. The Balaban J connectivity index is -0.0000000883. The maximum atomic E-state index is 10.0. The van der Waals surface area contributed by atoms with E-state index in [4.69, 9.17) is 20.1 Å². The average Bonchev–Trinajstić information content (AvgIpc) is 2.10. The van der Waals surface area contributed by atoms with Crippen LogP contribution in [0.1, 0.15) is 20.3 Å². The fourth-order valence-corrected chi connectivity index (χ4v) is 0.572. The maximum Gasteiger partial charge on any atom is 3.00 e. The van der Waals surface area contributed by atoms with Crippen molar-refractivity contribution >= 4 is 5.97 Å². The molecule has 5 nitrogen and oxygen atoms in total. The van der Waals surface area contributed by atoms with Crippen LogP contribution in [-0.4, -0.2) is 17.1 Å². The van der Waals surface area contributed by atoms with Gasteiger partial charge >= 0.3 is 42.1 Å². The van der Waals surface area contributed by atoms with E-state index in [-0.39, 0.29) is 19.5 Å². The van der Waals surface area contributed by atoms with Crippen molar-refractivity contribution in [3.63, 3.8) is 0 Å². The fourth-order valence-electron chi connectivity index (χ4n) is 0.572. The second-order valence-corrected chi connectivity index (χ2v) is 2.52. The summed E-state index contributed by atoms with van der Waals surface area (Å²) in [5, 5.41) is 8.24. The molecule has 0 radical (unpaired) electrons. The molecule has 0 aromatic carbocycles. The molecule has 2 N–H and O–H groups in total. The van der Waals surface area contributed by atoms with Gasteiger partial charge in [-0.3, -0.25) is 4.79 Å². The predicted molar refractivity (Wildman–Crippen MR) is 43.1 cm³/mol. The van der Waals surface area contributed by atoms with Crippen molar-refractivity contribution in [1.82, 2.24) is 0 Å². The third-order valence-corrected chi connectivity index (χ3v) is 1.01. The van der Waals surface area contributed by atoms with Crippen molar-refractivity contribution in [1.29, 1.82) is 0 Å². The summed E-state index contributed by atoms with van der Waals surface area (Å²) in [6, 6.07) is -0.940. The molecule has 0 bridgehead atoms. The molecule has 0 rings (SSSR count). The first-order chi connectivity index (χ1) is 6.04. The molecular weight excluding hydrogens is 277 g/mol. The number of hydrogen-bond donors (Lipinski definition) is 1. The summed E-state index contributed by atoms with van der Waals surface area (Å²) in [6.07, 6.45) is 0.440. The van der Waals surface area contributed by atoms with Crippen LogP contribution in [0.15, 0.2) is 0 Å². The van der Waals surface area contributed by atoms with Crippen LogP contribution < -0.4 is 0 Å². The van der Waals surface area contributed by atoms with E-state index in [0.717, 1.165) is 0 Å². The summed E-state index contributed by atoms with van der Waals surface area (Å²) >= 11 is 0. The Morgan fingerprint density at radius 3 is 1.71 bits per heavy atom. The summed E-state index contributed by atoms with van der Waals surface area (Å²) in [6.45, 7) is 12.8. The molecule has 0 aliphatic carbocycles. The summed E-state index contributed by atoms with van der Waals surface area (Å²) in [7, 11) is 0. The molecule has 0 spiro atoms. The van der Waals surface area contributed by atoms with Crippen LogP contribution in [0.5, 0.6) is 0 Å². The number of hydrogen-bond acceptors (Lipinski definition) is 1. The molecule has 14 heavy (non-hydrogen) atoms. The quantitative estimate of drug-likeness (QED) is 0.483. The smallest absolute Gasteiger partial charge is 3.00 e. The van der Waals surface area contributed by atoms with Gasteiger partial charge in [-0.15, -0.1) is 0 Å². The van der Waals surface area contributed by atoms with Crippen LogP contribution in [0.2, 0.25) is 0 Å². The Kier molecular flexibility index (Phi) is 30.6. The van der Waals surface area contributed by atoms with Crippen LogP contribution in [0.25, 0.3) is 5.73 Å². The predicted octanol–water partition coefficient (Wildman–Crippen LogP) is 1.46. The van der Waals surface area contributed by atoms with Crippen molar-refractivity contribution in [3.05, 3.63) is 19.0 Å². The van der Waals surface area contributed by atoms with E-state index < -0.39 is 12.0 Å². The van der Waals surface area contributed by atoms with Crippen molar-refractivity contribution < 1.29 is 38.7 Å². The van der Waals surface area contributed by atoms with E-state index in [1.165, 1.54) is 0 Å². The number of aliphatic carboxylic acids is 1. The first kappa shape index (κ1) is 23.4. The Morgan fingerprint density at radius 1 is 1.36 bits per heavy atom. The topological polar surface area (TPSA) is 101 Å². The molecule has 0 amide bonds. The molecule has 0 aliphatic heterocycles.